The number of hydrogen-bond donors (Lipinski definition) is 1. The Morgan fingerprint density at radius 2 is 1.73 bits per heavy atom. The molecule has 0 aromatic rings. The molecule has 3 fully saturated rings. The van der Waals surface area contributed by atoms with Crippen LogP contribution >= 0.6 is 0 Å². The van der Waals surface area contributed by atoms with Crippen molar-refractivity contribution in [2.24, 2.45) is 44.8 Å². The molecule has 0 aromatic heterocycles. The van der Waals surface area contributed by atoms with Gasteiger partial charge in [-0.3, -0.25) is 4.79 Å². The van der Waals surface area contributed by atoms with Crippen LogP contribution in [-0.4, -0.2) is 24.5 Å². The number of nitrogens with one attached hydrogen (secondary N) is 1. The summed E-state index contributed by atoms with van der Waals surface area (Å²) in [6.07, 6.45) is 11.4. The van der Waals surface area contributed by atoms with Gasteiger partial charge in [-0.05, 0) is 90.9 Å². The van der Waals surface area contributed by atoms with Gasteiger partial charge < -0.3 is 10.1 Å². The van der Waals surface area contributed by atoms with Gasteiger partial charge in [0.1, 0.15) is 0 Å². The van der Waals surface area contributed by atoms with E-state index in [9.17, 15) is 14.9 Å². The molecule has 3 saturated carbocycles. The monoisotopic (exact) mass is 506 g/mol. The number of carbonyl (C=O) groups excluding carboxylic acids is 2. The molecule has 0 bridgehead atoms. The molecule has 5 rings (SSSR count). The molecule has 5 heteroatoms. The van der Waals surface area contributed by atoms with Crippen molar-refractivity contribution in [3.8, 4) is 6.07 Å². The average molecular weight is 507 g/mol. The number of ketones is 1. The van der Waals surface area contributed by atoms with E-state index in [1.807, 2.05) is 6.08 Å². The first-order chi connectivity index (χ1) is 17.1. The number of amides is 1. The maximum atomic E-state index is 14.4. The number of rotatable bonds is 1. The molecular weight excluding hydrogens is 460 g/mol. The summed E-state index contributed by atoms with van der Waals surface area (Å²) in [5.41, 5.74) is 1.20. The van der Waals surface area contributed by atoms with E-state index >= 15 is 0 Å². The number of fused-ring (bicyclic) bond motifs is 7. The van der Waals surface area contributed by atoms with E-state index < -0.39 is 5.54 Å². The highest BCUT2D eigenvalue weighted by Crippen LogP contribution is 2.73. The predicted molar refractivity (Wildman–Crippen MR) is 144 cm³/mol. The van der Waals surface area contributed by atoms with E-state index in [-0.39, 0.29) is 50.8 Å². The largest absolute Gasteiger partial charge is 0.453 e. The summed E-state index contributed by atoms with van der Waals surface area (Å²) < 4.78 is 5.08. The fraction of sp³-hybridized carbons (Fsp3) is 0.781. The minimum Gasteiger partial charge on any atom is -0.453 e. The number of carbonyl (C=O) groups is 2. The van der Waals surface area contributed by atoms with Crippen LogP contribution in [0.3, 0.4) is 0 Å². The van der Waals surface area contributed by atoms with Crippen molar-refractivity contribution in [3.05, 3.63) is 23.3 Å². The van der Waals surface area contributed by atoms with Gasteiger partial charge in [0.25, 0.3) is 0 Å². The van der Waals surface area contributed by atoms with Gasteiger partial charge in [0.2, 0.25) is 0 Å². The molecule has 202 valence electrons. The second-order valence-electron chi connectivity index (χ2n) is 15.3. The fourth-order valence-corrected chi connectivity index (χ4v) is 10.3. The highest BCUT2D eigenvalue weighted by molar-refractivity contribution is 5.95. The van der Waals surface area contributed by atoms with E-state index in [1.54, 1.807) is 0 Å². The standard InChI is InChI=1S/C32H46N2O3/c1-27(2)11-13-32(34-26(36)37-8)14-12-31(7)25(21(32)18-27)22(35)15-24-29(5)17-20(19-33)16-28(3,4)23(29)9-10-30(24,31)6/h15,17,21,23,25H,9-14,16,18H2,1-8H3,(H,34,36)/t21?,23?,25?,29-,30+,31+,32-/m0/s1. The SMILES string of the molecule is COC(=O)N[C@]12CCC(C)(C)CC1C1C(=O)C=C3[C@@]4(C)C=C(C#N)CC(C)(C)C4CC[C@@]3(C)[C@]1(C)CC2. The summed E-state index contributed by atoms with van der Waals surface area (Å²) in [6, 6.07) is 2.47. The zero-order valence-electron chi connectivity index (χ0n) is 24.2. The third-order valence-corrected chi connectivity index (χ3v) is 12.3. The minimum absolute atomic E-state index is 0.0110. The summed E-state index contributed by atoms with van der Waals surface area (Å²) in [5, 5.41) is 13.2. The molecule has 0 radical (unpaired) electrons. The normalized spacial score (nSPS) is 45.5. The Kier molecular flexibility index (Phi) is 5.71. The number of nitrogens with zero attached hydrogens (tertiary/aromatic N) is 1. The summed E-state index contributed by atoms with van der Waals surface area (Å²) in [6.45, 7) is 16.3. The average Bonchev–Trinajstić information content (AvgIpc) is 2.80. The highest BCUT2D eigenvalue weighted by Gasteiger charge is 2.69. The van der Waals surface area contributed by atoms with Crippen LogP contribution in [0.2, 0.25) is 0 Å². The van der Waals surface area contributed by atoms with Crippen molar-refractivity contribution >= 4 is 11.9 Å². The number of allylic oxidation sites excluding steroid dienone is 4. The van der Waals surface area contributed by atoms with Gasteiger partial charge in [-0.2, -0.15) is 5.26 Å². The number of nitriles is 1. The van der Waals surface area contributed by atoms with Crippen LogP contribution in [-0.2, 0) is 9.53 Å². The number of ether oxygens (including phenoxy) is 1. The zero-order chi connectivity index (χ0) is 27.2. The van der Waals surface area contributed by atoms with E-state index in [4.69, 9.17) is 4.74 Å². The van der Waals surface area contributed by atoms with Gasteiger partial charge in [0.05, 0.1) is 13.2 Å². The quantitative estimate of drug-likeness (QED) is 0.410. The zero-order valence-corrected chi connectivity index (χ0v) is 24.2. The highest BCUT2D eigenvalue weighted by atomic mass is 16.5. The molecule has 5 nitrogen and oxygen atoms in total. The lowest BCUT2D eigenvalue weighted by molar-refractivity contribution is -0.159. The third kappa shape index (κ3) is 3.53. The lowest BCUT2D eigenvalue weighted by Crippen LogP contribution is -2.69. The first-order valence-electron chi connectivity index (χ1n) is 14.3. The van der Waals surface area contributed by atoms with Gasteiger partial charge in [-0.1, -0.05) is 60.1 Å². The molecule has 1 amide bonds. The molecule has 0 heterocycles. The second-order valence-corrected chi connectivity index (χ2v) is 15.3. The molecule has 3 unspecified atom stereocenters. The molecule has 0 aromatic carbocycles. The summed E-state index contributed by atoms with van der Waals surface area (Å²) in [4.78, 5) is 27.0. The Morgan fingerprint density at radius 1 is 1.05 bits per heavy atom. The molecular formula is C32H46N2O3. The molecule has 0 aliphatic heterocycles. The number of hydrogen-bond acceptors (Lipinski definition) is 4. The molecule has 0 saturated heterocycles. The molecule has 5 aliphatic carbocycles. The maximum Gasteiger partial charge on any atom is 0.407 e. The molecule has 7 atom stereocenters. The minimum atomic E-state index is -0.397. The number of methoxy groups -OCH3 is 1. The first kappa shape index (κ1) is 26.5. The Bertz CT molecular complexity index is 1140. The van der Waals surface area contributed by atoms with Crippen molar-refractivity contribution in [2.75, 3.05) is 7.11 Å². The van der Waals surface area contributed by atoms with Gasteiger partial charge in [-0.25, -0.2) is 4.79 Å². The summed E-state index contributed by atoms with van der Waals surface area (Å²) in [7, 11) is 1.43. The lowest BCUT2D eigenvalue weighted by atomic mass is 9.35. The van der Waals surface area contributed by atoms with E-state index in [2.05, 4.69) is 65.9 Å². The van der Waals surface area contributed by atoms with Crippen LogP contribution in [0.5, 0.6) is 0 Å². The van der Waals surface area contributed by atoms with Crippen LogP contribution in [0.15, 0.2) is 23.3 Å². The number of alkyl carbamates (subject to hydrolysis) is 1. The van der Waals surface area contributed by atoms with Crippen molar-refractivity contribution < 1.29 is 14.3 Å². The van der Waals surface area contributed by atoms with Gasteiger partial charge in [0, 0.05) is 22.4 Å². The molecule has 37 heavy (non-hydrogen) atoms. The summed E-state index contributed by atoms with van der Waals surface area (Å²) in [5.74, 6) is 0.574. The van der Waals surface area contributed by atoms with Crippen LogP contribution in [0.1, 0.15) is 99.8 Å². The van der Waals surface area contributed by atoms with E-state index in [0.717, 1.165) is 56.9 Å². The smallest absolute Gasteiger partial charge is 0.407 e. The van der Waals surface area contributed by atoms with Gasteiger partial charge in [-0.15, -0.1) is 0 Å². The summed E-state index contributed by atoms with van der Waals surface area (Å²) >= 11 is 0. The fourth-order valence-electron chi connectivity index (χ4n) is 10.3. The molecule has 1 N–H and O–H groups in total. The predicted octanol–water partition coefficient (Wildman–Crippen LogP) is 7.14. The van der Waals surface area contributed by atoms with Crippen molar-refractivity contribution in [1.29, 1.82) is 5.26 Å². The van der Waals surface area contributed by atoms with E-state index in [0.29, 0.717) is 5.92 Å². The Labute approximate surface area is 223 Å². The van der Waals surface area contributed by atoms with E-state index in [1.165, 1.54) is 12.7 Å². The Balaban J connectivity index is 1.66. The Hall–Kier alpha value is -2.09. The molecule has 0 spiro atoms. The first-order valence-corrected chi connectivity index (χ1v) is 14.3. The lowest BCUT2D eigenvalue weighted by Gasteiger charge is -2.69. The van der Waals surface area contributed by atoms with Crippen molar-refractivity contribution in [2.45, 2.75) is 105 Å². The van der Waals surface area contributed by atoms with Crippen LogP contribution in [0.4, 0.5) is 4.79 Å². The Morgan fingerprint density at radius 3 is 2.38 bits per heavy atom. The second kappa shape index (κ2) is 7.96. The van der Waals surface area contributed by atoms with Crippen molar-refractivity contribution in [3.63, 3.8) is 0 Å². The van der Waals surface area contributed by atoms with Gasteiger partial charge in [0.15, 0.2) is 5.78 Å². The van der Waals surface area contributed by atoms with Crippen molar-refractivity contribution in [1.82, 2.24) is 5.32 Å². The van der Waals surface area contributed by atoms with Crippen LogP contribution in [0.25, 0.3) is 0 Å². The molecule has 5 aliphatic rings. The maximum absolute atomic E-state index is 14.4. The van der Waals surface area contributed by atoms with Gasteiger partial charge >= 0.3 is 6.09 Å². The third-order valence-electron chi connectivity index (χ3n) is 12.3. The topological polar surface area (TPSA) is 79.2 Å². The van der Waals surface area contributed by atoms with Crippen LogP contribution in [0, 0.1) is 56.2 Å². The van der Waals surface area contributed by atoms with Crippen LogP contribution < -0.4 is 5.32 Å².